The van der Waals surface area contributed by atoms with Crippen molar-refractivity contribution in [1.82, 2.24) is 14.4 Å². The van der Waals surface area contributed by atoms with E-state index < -0.39 is 5.82 Å². The lowest BCUT2D eigenvalue weighted by molar-refractivity contribution is 0.300. The molecule has 2 aromatic heterocycles. The molecule has 7 heteroatoms. The molecule has 26 heavy (non-hydrogen) atoms. The molecular formula is C19H13F2N3O2. The Kier molecular flexibility index (Phi) is 3.96. The molecule has 0 atom stereocenters. The Morgan fingerprint density at radius 1 is 1.04 bits per heavy atom. The van der Waals surface area contributed by atoms with E-state index in [4.69, 9.17) is 4.74 Å². The number of rotatable bonds is 4. The Morgan fingerprint density at radius 2 is 1.88 bits per heavy atom. The molecule has 0 spiro atoms. The van der Waals surface area contributed by atoms with Gasteiger partial charge in [0.2, 0.25) is 5.78 Å². The van der Waals surface area contributed by atoms with Gasteiger partial charge in [-0.2, -0.15) is 0 Å². The highest BCUT2D eigenvalue weighted by Gasteiger charge is 2.09. The van der Waals surface area contributed by atoms with Gasteiger partial charge in [-0.3, -0.25) is 4.40 Å². The quantitative estimate of drug-likeness (QED) is 0.603. The van der Waals surface area contributed by atoms with Crippen LogP contribution >= 0.6 is 0 Å². The molecule has 0 aliphatic rings. The molecule has 0 unspecified atom stereocenters. The molecule has 5 nitrogen and oxygen atoms in total. The number of hydrogen-bond acceptors (Lipinski definition) is 4. The first-order valence-electron chi connectivity index (χ1n) is 7.79. The van der Waals surface area contributed by atoms with Gasteiger partial charge < -0.3 is 9.84 Å². The minimum atomic E-state index is -0.514. The molecule has 0 radical (unpaired) electrons. The van der Waals surface area contributed by atoms with Crippen molar-refractivity contribution in [3.63, 3.8) is 0 Å². The lowest BCUT2D eigenvalue weighted by Crippen LogP contribution is -1.95. The van der Waals surface area contributed by atoms with Crippen LogP contribution in [0.1, 0.15) is 5.69 Å². The Morgan fingerprint density at radius 3 is 2.69 bits per heavy atom. The first kappa shape index (κ1) is 16.0. The van der Waals surface area contributed by atoms with E-state index in [0.29, 0.717) is 28.3 Å². The average Bonchev–Trinajstić information content (AvgIpc) is 3.02. The summed E-state index contributed by atoms with van der Waals surface area (Å²) in [6.07, 6.45) is 5.01. The van der Waals surface area contributed by atoms with Crippen LogP contribution in [0.5, 0.6) is 11.5 Å². The molecule has 0 bridgehead atoms. The van der Waals surface area contributed by atoms with Crippen LogP contribution in [0.15, 0.2) is 61.1 Å². The fourth-order valence-corrected chi connectivity index (χ4v) is 2.61. The van der Waals surface area contributed by atoms with Crippen LogP contribution in [0.25, 0.3) is 16.9 Å². The Hall–Kier alpha value is -3.48. The number of fused-ring (bicyclic) bond motifs is 1. The zero-order valence-electron chi connectivity index (χ0n) is 13.4. The minimum Gasteiger partial charge on any atom is -0.507 e. The lowest BCUT2D eigenvalue weighted by Gasteiger charge is -2.04. The summed E-state index contributed by atoms with van der Waals surface area (Å²) >= 11 is 0. The molecular weight excluding hydrogens is 340 g/mol. The first-order chi connectivity index (χ1) is 12.6. The van der Waals surface area contributed by atoms with Gasteiger partial charge in [-0.05, 0) is 24.3 Å². The predicted octanol–water partition coefficient (Wildman–Crippen LogP) is 3.96. The highest BCUT2D eigenvalue weighted by molar-refractivity contribution is 5.69. The van der Waals surface area contributed by atoms with Crippen molar-refractivity contribution in [2.24, 2.45) is 0 Å². The van der Waals surface area contributed by atoms with E-state index in [1.165, 1.54) is 24.3 Å². The molecule has 0 saturated heterocycles. The van der Waals surface area contributed by atoms with Gasteiger partial charge in [0.25, 0.3) is 0 Å². The Labute approximate surface area is 147 Å². The van der Waals surface area contributed by atoms with Crippen LogP contribution in [-0.2, 0) is 6.61 Å². The van der Waals surface area contributed by atoms with E-state index in [1.807, 2.05) is 0 Å². The molecule has 0 fully saturated rings. The summed E-state index contributed by atoms with van der Waals surface area (Å²) in [5.41, 5.74) is 1.69. The van der Waals surface area contributed by atoms with Crippen LogP contribution < -0.4 is 4.74 Å². The van der Waals surface area contributed by atoms with Gasteiger partial charge in [0.1, 0.15) is 29.7 Å². The van der Waals surface area contributed by atoms with Crippen molar-refractivity contribution < 1.29 is 18.6 Å². The van der Waals surface area contributed by atoms with Gasteiger partial charge in [0, 0.05) is 41.9 Å². The Bertz CT molecular complexity index is 1100. The van der Waals surface area contributed by atoms with Crippen molar-refractivity contribution >= 4 is 5.78 Å². The van der Waals surface area contributed by atoms with Crippen LogP contribution in [-0.4, -0.2) is 19.5 Å². The highest BCUT2D eigenvalue weighted by Crippen LogP contribution is 2.29. The van der Waals surface area contributed by atoms with Crippen molar-refractivity contribution in [2.45, 2.75) is 6.61 Å². The first-order valence-corrected chi connectivity index (χ1v) is 7.79. The molecule has 4 aromatic rings. The van der Waals surface area contributed by atoms with Crippen LogP contribution in [0.2, 0.25) is 0 Å². The fraction of sp³-hybridized carbons (Fsp3) is 0.0526. The standard InChI is InChI=1S/C19H13F2N3O2/c20-13-2-1-3-16(6-13)26-11-15-10-24-9-12(8-22-19(24)23-15)17-5-4-14(21)7-18(17)25/h1-10,25H,11H2. The number of imidazole rings is 1. The smallest absolute Gasteiger partial charge is 0.234 e. The van der Waals surface area contributed by atoms with E-state index in [1.54, 1.807) is 35.1 Å². The van der Waals surface area contributed by atoms with Gasteiger partial charge in [-0.15, -0.1) is 0 Å². The van der Waals surface area contributed by atoms with Crippen LogP contribution in [0.4, 0.5) is 8.78 Å². The van der Waals surface area contributed by atoms with Crippen molar-refractivity contribution in [1.29, 1.82) is 0 Å². The van der Waals surface area contributed by atoms with Crippen molar-refractivity contribution in [3.05, 3.63) is 78.4 Å². The maximum Gasteiger partial charge on any atom is 0.234 e. The second kappa shape index (κ2) is 6.44. The van der Waals surface area contributed by atoms with E-state index in [9.17, 15) is 13.9 Å². The fourth-order valence-electron chi connectivity index (χ4n) is 2.61. The summed E-state index contributed by atoms with van der Waals surface area (Å²) in [6, 6.07) is 9.66. The number of ether oxygens (including phenoxy) is 1. The number of aromatic hydroxyl groups is 1. The molecule has 130 valence electrons. The molecule has 0 aliphatic heterocycles. The van der Waals surface area contributed by atoms with Gasteiger partial charge in [-0.25, -0.2) is 18.7 Å². The van der Waals surface area contributed by atoms with E-state index >= 15 is 0 Å². The number of benzene rings is 2. The number of aromatic nitrogens is 3. The number of phenols is 1. The van der Waals surface area contributed by atoms with E-state index in [0.717, 1.165) is 6.07 Å². The van der Waals surface area contributed by atoms with Gasteiger partial charge in [0.15, 0.2) is 0 Å². The third kappa shape index (κ3) is 3.19. The topological polar surface area (TPSA) is 59.7 Å². The number of nitrogens with zero attached hydrogens (tertiary/aromatic N) is 3. The third-order valence-corrected chi connectivity index (χ3v) is 3.81. The summed E-state index contributed by atoms with van der Waals surface area (Å²) in [4.78, 5) is 8.57. The SMILES string of the molecule is Oc1cc(F)ccc1-c1cnc2nc(COc3cccc(F)c3)cn2c1. The number of phenolic OH excluding ortho intramolecular Hbond substituents is 1. The monoisotopic (exact) mass is 353 g/mol. The number of hydrogen-bond donors (Lipinski definition) is 1. The average molecular weight is 353 g/mol. The molecule has 0 aliphatic carbocycles. The molecule has 0 amide bonds. The summed E-state index contributed by atoms with van der Waals surface area (Å²) < 4.78 is 33.5. The lowest BCUT2D eigenvalue weighted by atomic mass is 10.1. The zero-order valence-corrected chi connectivity index (χ0v) is 13.4. The largest absolute Gasteiger partial charge is 0.507 e. The predicted molar refractivity (Wildman–Crippen MR) is 90.8 cm³/mol. The maximum absolute atomic E-state index is 13.2. The van der Waals surface area contributed by atoms with Crippen LogP contribution in [0, 0.1) is 11.6 Å². The summed E-state index contributed by atoms with van der Waals surface area (Å²) in [5.74, 6) is -0.191. The zero-order chi connectivity index (χ0) is 18.1. The number of halogens is 2. The minimum absolute atomic E-state index is 0.157. The van der Waals surface area contributed by atoms with Gasteiger partial charge >= 0.3 is 0 Å². The van der Waals surface area contributed by atoms with Crippen molar-refractivity contribution in [3.8, 4) is 22.6 Å². The molecule has 2 aromatic carbocycles. The summed E-state index contributed by atoms with van der Waals surface area (Å²) in [7, 11) is 0. The van der Waals surface area contributed by atoms with Crippen molar-refractivity contribution in [2.75, 3.05) is 0 Å². The third-order valence-electron chi connectivity index (χ3n) is 3.81. The molecule has 0 saturated carbocycles. The molecule has 1 N–H and O–H groups in total. The van der Waals surface area contributed by atoms with Gasteiger partial charge in [0.05, 0.1) is 5.69 Å². The van der Waals surface area contributed by atoms with E-state index in [-0.39, 0.29) is 18.2 Å². The summed E-state index contributed by atoms with van der Waals surface area (Å²) in [6.45, 7) is 0.157. The maximum atomic E-state index is 13.2. The summed E-state index contributed by atoms with van der Waals surface area (Å²) in [5, 5.41) is 9.91. The van der Waals surface area contributed by atoms with Gasteiger partial charge in [-0.1, -0.05) is 6.07 Å². The molecule has 2 heterocycles. The second-order valence-corrected chi connectivity index (χ2v) is 5.69. The normalized spacial score (nSPS) is 11.0. The second-order valence-electron chi connectivity index (χ2n) is 5.69. The van der Waals surface area contributed by atoms with Crippen LogP contribution in [0.3, 0.4) is 0 Å². The molecule has 4 rings (SSSR count). The Balaban J connectivity index is 1.59. The van der Waals surface area contributed by atoms with E-state index in [2.05, 4.69) is 9.97 Å². The highest BCUT2D eigenvalue weighted by atomic mass is 19.1.